The number of pyridine rings is 1. The zero-order chi connectivity index (χ0) is 17.4. The van der Waals surface area contributed by atoms with E-state index >= 15 is 0 Å². The maximum absolute atomic E-state index is 13.4. The number of halogens is 1. The molecule has 1 aromatic carbocycles. The highest BCUT2D eigenvalue weighted by Gasteiger charge is 2.31. The van der Waals surface area contributed by atoms with Gasteiger partial charge < -0.3 is 9.47 Å². The molecule has 0 bridgehead atoms. The van der Waals surface area contributed by atoms with Crippen molar-refractivity contribution in [1.29, 1.82) is 0 Å². The minimum Gasteiger partial charge on any atom is -0.338 e. The van der Waals surface area contributed by atoms with Crippen LogP contribution in [0.1, 0.15) is 35.4 Å². The van der Waals surface area contributed by atoms with Crippen LogP contribution in [0.25, 0.3) is 11.2 Å². The quantitative estimate of drug-likeness (QED) is 0.737. The first-order valence-corrected chi connectivity index (χ1v) is 8.53. The number of hydrogen-bond acceptors (Lipinski definition) is 3. The lowest BCUT2D eigenvalue weighted by Crippen LogP contribution is -2.28. The second-order valence-electron chi connectivity index (χ2n) is 6.31. The van der Waals surface area contributed by atoms with E-state index in [-0.39, 0.29) is 17.6 Å². The van der Waals surface area contributed by atoms with Gasteiger partial charge in [0.1, 0.15) is 17.2 Å². The topological polar surface area (TPSA) is 51.0 Å². The maximum atomic E-state index is 13.4. The van der Waals surface area contributed by atoms with Crippen molar-refractivity contribution in [3.8, 4) is 0 Å². The molecule has 1 atom stereocenters. The minimum absolute atomic E-state index is 0.126. The summed E-state index contributed by atoms with van der Waals surface area (Å²) in [6.07, 6.45) is 2.62. The standard InChI is InChI=1S/C19H19FN4O/c1-2-24-17(22-16-7-4-9-21-18(16)24)14-8-10-23(12-14)19(25)13-5-3-6-15(20)11-13/h3-7,9,11,14H,2,8,10,12H2,1H3/t14-/m1/s1. The first-order chi connectivity index (χ1) is 12.2. The van der Waals surface area contributed by atoms with Crippen LogP contribution in [0.4, 0.5) is 4.39 Å². The summed E-state index contributed by atoms with van der Waals surface area (Å²) in [5, 5.41) is 0. The summed E-state index contributed by atoms with van der Waals surface area (Å²) in [5.74, 6) is 0.636. The molecule has 6 heteroatoms. The molecular formula is C19H19FN4O. The predicted octanol–water partition coefficient (Wildman–Crippen LogP) is 3.22. The Morgan fingerprint density at radius 1 is 1.32 bits per heavy atom. The lowest BCUT2D eigenvalue weighted by atomic mass is 10.1. The van der Waals surface area contributed by atoms with Crippen LogP contribution in [0.5, 0.6) is 0 Å². The zero-order valence-electron chi connectivity index (χ0n) is 14.0. The molecule has 1 amide bonds. The average molecular weight is 338 g/mol. The Kier molecular flexibility index (Phi) is 3.95. The van der Waals surface area contributed by atoms with Gasteiger partial charge >= 0.3 is 0 Å². The number of carbonyl (C=O) groups excluding carboxylic acids is 1. The van der Waals surface area contributed by atoms with Gasteiger partial charge in [-0.25, -0.2) is 14.4 Å². The number of hydrogen-bond donors (Lipinski definition) is 0. The van der Waals surface area contributed by atoms with Gasteiger partial charge in [0.05, 0.1) is 0 Å². The number of carbonyl (C=O) groups is 1. The van der Waals surface area contributed by atoms with Crippen LogP contribution in [-0.2, 0) is 6.54 Å². The molecule has 2 aromatic heterocycles. The molecule has 3 aromatic rings. The zero-order valence-corrected chi connectivity index (χ0v) is 14.0. The van der Waals surface area contributed by atoms with E-state index in [4.69, 9.17) is 4.98 Å². The van der Waals surface area contributed by atoms with Crippen molar-refractivity contribution in [2.75, 3.05) is 13.1 Å². The Bertz CT molecular complexity index is 936. The molecule has 0 N–H and O–H groups in total. The minimum atomic E-state index is -0.388. The molecule has 3 heterocycles. The molecule has 0 unspecified atom stereocenters. The summed E-state index contributed by atoms with van der Waals surface area (Å²) in [6.45, 7) is 4.11. The lowest BCUT2D eigenvalue weighted by Gasteiger charge is -2.17. The third kappa shape index (κ3) is 2.77. The van der Waals surface area contributed by atoms with Gasteiger partial charge in [-0.3, -0.25) is 4.79 Å². The van der Waals surface area contributed by atoms with Crippen molar-refractivity contribution >= 4 is 17.1 Å². The smallest absolute Gasteiger partial charge is 0.253 e. The van der Waals surface area contributed by atoms with Crippen molar-refractivity contribution in [2.45, 2.75) is 25.8 Å². The normalized spacial score (nSPS) is 17.4. The summed E-state index contributed by atoms with van der Waals surface area (Å²) in [7, 11) is 0. The Morgan fingerprint density at radius 3 is 3.00 bits per heavy atom. The number of amides is 1. The Balaban J connectivity index is 1.59. The molecule has 5 nitrogen and oxygen atoms in total. The third-order valence-electron chi connectivity index (χ3n) is 4.76. The largest absolute Gasteiger partial charge is 0.338 e. The Hall–Kier alpha value is -2.76. The number of rotatable bonds is 3. The molecule has 0 radical (unpaired) electrons. The Morgan fingerprint density at radius 2 is 2.20 bits per heavy atom. The van der Waals surface area contributed by atoms with E-state index in [9.17, 15) is 9.18 Å². The SMILES string of the molecule is CCn1c([C@@H]2CCN(C(=O)c3cccc(F)c3)C2)nc2cccnc21. The van der Waals surface area contributed by atoms with E-state index in [1.807, 2.05) is 12.1 Å². The molecular weight excluding hydrogens is 319 g/mol. The molecule has 0 aliphatic carbocycles. The molecule has 0 spiro atoms. The van der Waals surface area contributed by atoms with E-state index in [1.165, 1.54) is 12.1 Å². The van der Waals surface area contributed by atoms with Crippen molar-refractivity contribution in [3.63, 3.8) is 0 Å². The van der Waals surface area contributed by atoms with Crippen molar-refractivity contribution in [1.82, 2.24) is 19.4 Å². The van der Waals surface area contributed by atoms with E-state index < -0.39 is 0 Å². The summed E-state index contributed by atoms with van der Waals surface area (Å²) in [5.41, 5.74) is 2.16. The van der Waals surface area contributed by atoms with E-state index in [0.29, 0.717) is 18.7 Å². The van der Waals surface area contributed by atoms with E-state index in [1.54, 1.807) is 23.2 Å². The van der Waals surface area contributed by atoms with Gasteiger partial charge in [-0.1, -0.05) is 6.07 Å². The van der Waals surface area contributed by atoms with Gasteiger partial charge in [0.15, 0.2) is 5.65 Å². The van der Waals surface area contributed by atoms with Crippen LogP contribution in [0.15, 0.2) is 42.6 Å². The van der Waals surface area contributed by atoms with Crippen LogP contribution in [0.2, 0.25) is 0 Å². The van der Waals surface area contributed by atoms with Crippen LogP contribution in [0.3, 0.4) is 0 Å². The molecule has 1 saturated heterocycles. The van der Waals surface area contributed by atoms with Crippen LogP contribution < -0.4 is 0 Å². The van der Waals surface area contributed by atoms with Gasteiger partial charge in [-0.15, -0.1) is 0 Å². The number of aromatic nitrogens is 3. The molecule has 1 aliphatic rings. The highest BCUT2D eigenvalue weighted by atomic mass is 19.1. The van der Waals surface area contributed by atoms with E-state index in [0.717, 1.165) is 30.0 Å². The van der Waals surface area contributed by atoms with Gasteiger partial charge in [-0.05, 0) is 43.7 Å². The van der Waals surface area contributed by atoms with Gasteiger partial charge in [0, 0.05) is 37.3 Å². The second-order valence-corrected chi connectivity index (χ2v) is 6.31. The fraction of sp³-hybridized carbons (Fsp3) is 0.316. The number of aryl methyl sites for hydroxylation is 1. The molecule has 0 saturated carbocycles. The first-order valence-electron chi connectivity index (χ1n) is 8.53. The highest BCUT2D eigenvalue weighted by molar-refractivity contribution is 5.94. The number of imidazole rings is 1. The predicted molar refractivity (Wildman–Crippen MR) is 92.9 cm³/mol. The number of likely N-dealkylation sites (tertiary alicyclic amines) is 1. The number of fused-ring (bicyclic) bond motifs is 1. The first kappa shape index (κ1) is 15.7. The third-order valence-corrected chi connectivity index (χ3v) is 4.76. The maximum Gasteiger partial charge on any atom is 0.253 e. The van der Waals surface area contributed by atoms with Gasteiger partial charge in [-0.2, -0.15) is 0 Å². The summed E-state index contributed by atoms with van der Waals surface area (Å²) >= 11 is 0. The molecule has 1 aliphatic heterocycles. The molecule has 25 heavy (non-hydrogen) atoms. The number of nitrogens with zero attached hydrogens (tertiary/aromatic N) is 4. The fourth-order valence-electron chi connectivity index (χ4n) is 3.56. The van der Waals surface area contributed by atoms with Gasteiger partial charge in [0.25, 0.3) is 5.91 Å². The van der Waals surface area contributed by atoms with Crippen molar-refractivity contribution < 1.29 is 9.18 Å². The monoisotopic (exact) mass is 338 g/mol. The molecule has 1 fully saturated rings. The van der Waals surface area contributed by atoms with Crippen LogP contribution >= 0.6 is 0 Å². The van der Waals surface area contributed by atoms with Gasteiger partial charge in [0.2, 0.25) is 0 Å². The fourth-order valence-corrected chi connectivity index (χ4v) is 3.56. The summed E-state index contributed by atoms with van der Waals surface area (Å²) in [6, 6.07) is 9.71. The Labute approximate surface area is 145 Å². The average Bonchev–Trinajstić information content (AvgIpc) is 3.25. The van der Waals surface area contributed by atoms with E-state index in [2.05, 4.69) is 16.5 Å². The van der Waals surface area contributed by atoms with Crippen molar-refractivity contribution in [2.24, 2.45) is 0 Å². The highest BCUT2D eigenvalue weighted by Crippen LogP contribution is 2.29. The summed E-state index contributed by atoms with van der Waals surface area (Å²) in [4.78, 5) is 23.6. The summed E-state index contributed by atoms with van der Waals surface area (Å²) < 4.78 is 15.5. The molecule has 128 valence electrons. The molecule has 4 rings (SSSR count). The van der Waals surface area contributed by atoms with Crippen LogP contribution in [-0.4, -0.2) is 38.4 Å². The lowest BCUT2D eigenvalue weighted by molar-refractivity contribution is 0.0790. The van der Waals surface area contributed by atoms with Crippen molar-refractivity contribution in [3.05, 3.63) is 59.8 Å². The van der Waals surface area contributed by atoms with Crippen LogP contribution in [0, 0.1) is 5.82 Å². The number of benzene rings is 1. The second kappa shape index (κ2) is 6.27.